The number of esters is 1. The summed E-state index contributed by atoms with van der Waals surface area (Å²) in [6.07, 6.45) is 0. The summed E-state index contributed by atoms with van der Waals surface area (Å²) in [5, 5.41) is 5.42. The van der Waals surface area contributed by atoms with E-state index in [4.69, 9.17) is 9.47 Å². The molecule has 1 aromatic carbocycles. The Kier molecular flexibility index (Phi) is 5.62. The number of rotatable bonds is 5. The number of aryl methyl sites for hydroxylation is 3. The number of ether oxygens (including phenoxy) is 2. The summed E-state index contributed by atoms with van der Waals surface area (Å²) in [5.41, 5.74) is 4.42. The zero-order valence-corrected chi connectivity index (χ0v) is 14.6. The predicted octanol–water partition coefficient (Wildman–Crippen LogP) is 2.29. The molecule has 2 rings (SSSR count). The highest BCUT2D eigenvalue weighted by Crippen LogP contribution is 2.34. The fraction of sp³-hybridized carbons (Fsp3) is 0.444. The Bertz CT molecular complexity index is 646. The molecule has 0 unspecified atom stereocenters. The van der Waals surface area contributed by atoms with Gasteiger partial charge in [0.1, 0.15) is 12.5 Å². The van der Waals surface area contributed by atoms with Gasteiger partial charge in [-0.1, -0.05) is 24.3 Å². The van der Waals surface area contributed by atoms with Crippen molar-refractivity contribution in [3.63, 3.8) is 0 Å². The largest absolute Gasteiger partial charge is 0.463 e. The smallest absolute Gasteiger partial charge is 0.319 e. The molecule has 0 aliphatic carbocycles. The van der Waals surface area contributed by atoms with Gasteiger partial charge in [0.25, 0.3) is 0 Å². The number of benzene rings is 1. The maximum Gasteiger partial charge on any atom is 0.319 e. The van der Waals surface area contributed by atoms with Crippen molar-refractivity contribution in [2.75, 3.05) is 20.3 Å². The molecule has 0 saturated carbocycles. The number of urea groups is 1. The van der Waals surface area contributed by atoms with Crippen LogP contribution in [0.15, 0.2) is 24.4 Å². The summed E-state index contributed by atoms with van der Waals surface area (Å²) >= 11 is 0. The van der Waals surface area contributed by atoms with Gasteiger partial charge in [-0.15, -0.1) is 0 Å². The van der Waals surface area contributed by atoms with E-state index in [-0.39, 0.29) is 12.6 Å². The number of nitrogens with one attached hydrogen (secondary N) is 2. The number of hydrogen-bond donors (Lipinski definition) is 2. The first-order chi connectivity index (χ1) is 11.3. The number of hydrogen-bond acceptors (Lipinski definition) is 4. The van der Waals surface area contributed by atoms with Crippen LogP contribution in [0.5, 0.6) is 0 Å². The van der Waals surface area contributed by atoms with Crippen LogP contribution in [-0.2, 0) is 14.3 Å². The zero-order valence-electron chi connectivity index (χ0n) is 14.6. The van der Waals surface area contributed by atoms with Crippen molar-refractivity contribution in [2.45, 2.75) is 26.8 Å². The average Bonchev–Trinajstić information content (AvgIpc) is 2.45. The third-order valence-corrected chi connectivity index (χ3v) is 4.10. The third-order valence-electron chi connectivity index (χ3n) is 4.10. The van der Waals surface area contributed by atoms with Crippen LogP contribution < -0.4 is 10.6 Å². The van der Waals surface area contributed by atoms with E-state index in [2.05, 4.69) is 17.2 Å². The highest BCUT2D eigenvalue weighted by atomic mass is 16.6. The van der Waals surface area contributed by atoms with Crippen LogP contribution in [0.4, 0.5) is 4.79 Å². The Morgan fingerprint density at radius 3 is 2.42 bits per heavy atom. The van der Waals surface area contributed by atoms with Gasteiger partial charge >= 0.3 is 12.0 Å². The van der Waals surface area contributed by atoms with Gasteiger partial charge in [-0.3, -0.25) is 4.79 Å². The van der Waals surface area contributed by atoms with Crippen LogP contribution in [0.1, 0.15) is 28.3 Å². The summed E-state index contributed by atoms with van der Waals surface area (Å²) in [4.78, 5) is 24.5. The molecule has 1 saturated heterocycles. The molecule has 2 amide bonds. The summed E-state index contributed by atoms with van der Waals surface area (Å²) in [7, 11) is 1.54. The molecule has 1 fully saturated rings. The van der Waals surface area contributed by atoms with E-state index in [0.717, 1.165) is 22.3 Å². The van der Waals surface area contributed by atoms with Gasteiger partial charge in [-0.25, -0.2) is 4.79 Å². The van der Waals surface area contributed by atoms with Gasteiger partial charge in [0, 0.05) is 12.8 Å². The molecule has 2 atom stereocenters. The lowest BCUT2D eigenvalue weighted by molar-refractivity contribution is -0.149. The van der Waals surface area contributed by atoms with Crippen molar-refractivity contribution in [3.8, 4) is 0 Å². The molecule has 6 heteroatoms. The first-order valence-electron chi connectivity index (χ1n) is 7.84. The second kappa shape index (κ2) is 7.49. The van der Waals surface area contributed by atoms with Crippen LogP contribution in [0, 0.1) is 26.7 Å². The number of carbonyl (C=O) groups is 2. The second-order valence-electron chi connectivity index (χ2n) is 6.05. The van der Waals surface area contributed by atoms with E-state index in [1.807, 2.05) is 32.9 Å². The molecule has 0 radical (unpaired) electrons. The fourth-order valence-corrected chi connectivity index (χ4v) is 3.20. The minimum atomic E-state index is -0.695. The van der Waals surface area contributed by atoms with Crippen molar-refractivity contribution in [3.05, 3.63) is 46.7 Å². The van der Waals surface area contributed by atoms with Gasteiger partial charge in [0.2, 0.25) is 0 Å². The molecule has 1 heterocycles. The topological polar surface area (TPSA) is 76.7 Å². The van der Waals surface area contributed by atoms with E-state index in [0.29, 0.717) is 12.3 Å². The van der Waals surface area contributed by atoms with E-state index in [1.165, 1.54) is 7.11 Å². The van der Waals surface area contributed by atoms with Crippen LogP contribution in [0.25, 0.3) is 0 Å². The van der Waals surface area contributed by atoms with Crippen LogP contribution in [0.3, 0.4) is 0 Å². The fourth-order valence-electron chi connectivity index (χ4n) is 3.20. The zero-order chi connectivity index (χ0) is 17.9. The third kappa shape index (κ3) is 3.76. The molecule has 0 bridgehead atoms. The quantitative estimate of drug-likeness (QED) is 0.641. The maximum atomic E-state index is 12.5. The van der Waals surface area contributed by atoms with E-state index in [1.54, 1.807) is 0 Å². The van der Waals surface area contributed by atoms with Crippen molar-refractivity contribution in [1.29, 1.82) is 0 Å². The number of carbonyl (C=O) groups excluding carboxylic acids is 2. The highest BCUT2D eigenvalue weighted by Gasteiger charge is 2.40. The number of amides is 2. The van der Waals surface area contributed by atoms with E-state index < -0.39 is 17.9 Å². The maximum absolute atomic E-state index is 12.5. The minimum absolute atomic E-state index is 0.158. The van der Waals surface area contributed by atoms with Gasteiger partial charge < -0.3 is 20.1 Å². The van der Waals surface area contributed by atoms with Crippen LogP contribution >= 0.6 is 0 Å². The molecular weight excluding hydrogens is 308 g/mol. The second-order valence-corrected chi connectivity index (χ2v) is 6.05. The summed E-state index contributed by atoms with van der Waals surface area (Å²) in [6, 6.07) is 3.19. The molecule has 0 aromatic heterocycles. The minimum Gasteiger partial charge on any atom is -0.463 e. The highest BCUT2D eigenvalue weighted by molar-refractivity contribution is 5.85. The molecule has 130 valence electrons. The SMILES string of the molecule is C=C1NC(=O)N[C@@H](c2c(C)cc(C)cc2C)[C@H]1C(=O)OCCOC. The van der Waals surface area contributed by atoms with E-state index in [9.17, 15) is 9.59 Å². The van der Waals surface area contributed by atoms with Gasteiger partial charge in [0.15, 0.2) is 0 Å². The molecule has 0 spiro atoms. The molecule has 1 aliphatic heterocycles. The average molecular weight is 332 g/mol. The van der Waals surface area contributed by atoms with Crippen molar-refractivity contribution in [2.24, 2.45) is 5.92 Å². The lowest BCUT2D eigenvalue weighted by Gasteiger charge is -2.35. The Morgan fingerprint density at radius 1 is 1.21 bits per heavy atom. The van der Waals surface area contributed by atoms with Gasteiger partial charge in [-0.2, -0.15) is 0 Å². The van der Waals surface area contributed by atoms with Gasteiger partial charge in [0.05, 0.1) is 12.6 Å². The predicted molar refractivity (Wildman–Crippen MR) is 90.5 cm³/mol. The Balaban J connectivity index is 2.37. The van der Waals surface area contributed by atoms with Gasteiger partial charge in [-0.05, 0) is 37.5 Å². The monoisotopic (exact) mass is 332 g/mol. The van der Waals surface area contributed by atoms with Crippen LogP contribution in [-0.4, -0.2) is 32.3 Å². The molecule has 1 aliphatic rings. The standard InChI is InChI=1S/C18H24N2O4/c1-10-8-11(2)14(12(3)9-10)16-15(13(4)19-18(22)20-16)17(21)24-7-6-23-5/h8-9,15-16H,4,6-7H2,1-3,5H3,(H2,19,20,22)/t15-,16-/m0/s1. The molecule has 1 aromatic rings. The van der Waals surface area contributed by atoms with Crippen LogP contribution in [0.2, 0.25) is 0 Å². The first-order valence-corrected chi connectivity index (χ1v) is 7.84. The summed E-state index contributed by atoms with van der Waals surface area (Å²) in [5.74, 6) is -1.13. The Hall–Kier alpha value is -2.34. The Labute approximate surface area is 142 Å². The molecular formula is C18H24N2O4. The molecule has 2 N–H and O–H groups in total. The normalized spacial score (nSPS) is 20.3. The van der Waals surface area contributed by atoms with Crippen molar-refractivity contribution >= 4 is 12.0 Å². The molecule has 6 nitrogen and oxygen atoms in total. The summed E-state index contributed by atoms with van der Waals surface area (Å²) in [6.45, 7) is 10.3. The number of methoxy groups -OCH3 is 1. The van der Waals surface area contributed by atoms with Crippen molar-refractivity contribution < 1.29 is 19.1 Å². The lowest BCUT2D eigenvalue weighted by atomic mass is 9.84. The Morgan fingerprint density at radius 2 is 1.83 bits per heavy atom. The first kappa shape index (κ1) is 18.0. The molecule has 24 heavy (non-hydrogen) atoms. The summed E-state index contributed by atoms with van der Waals surface area (Å²) < 4.78 is 10.2. The van der Waals surface area contributed by atoms with Crippen molar-refractivity contribution in [1.82, 2.24) is 10.6 Å². The lowest BCUT2D eigenvalue weighted by Crippen LogP contribution is -2.51. The van der Waals surface area contributed by atoms with E-state index >= 15 is 0 Å².